The zero-order valence-electron chi connectivity index (χ0n) is 12.5. The van der Waals surface area contributed by atoms with Gasteiger partial charge >= 0.3 is 0 Å². The maximum atomic E-state index is 12.4. The van der Waals surface area contributed by atoms with Crippen LogP contribution in [0.15, 0.2) is 18.5 Å². The first-order valence-corrected chi connectivity index (χ1v) is 7.51. The van der Waals surface area contributed by atoms with E-state index < -0.39 is 0 Å². The quantitative estimate of drug-likeness (QED) is 0.853. The first-order valence-electron chi connectivity index (χ1n) is 7.51. The van der Waals surface area contributed by atoms with Crippen LogP contribution in [0.5, 0.6) is 0 Å². The Morgan fingerprint density at radius 1 is 1.57 bits per heavy atom. The van der Waals surface area contributed by atoms with E-state index in [2.05, 4.69) is 27.4 Å². The molecule has 2 heterocycles. The summed E-state index contributed by atoms with van der Waals surface area (Å²) in [6.07, 6.45) is 7.89. The Labute approximate surface area is 124 Å². The van der Waals surface area contributed by atoms with Crippen LogP contribution in [0.1, 0.15) is 54.2 Å². The largest absolute Gasteiger partial charge is 0.340 e. The van der Waals surface area contributed by atoms with Crippen LogP contribution in [0, 0.1) is 5.92 Å². The number of H-pyrrole nitrogens is 1. The minimum Gasteiger partial charge on any atom is -0.340 e. The highest BCUT2D eigenvalue weighted by molar-refractivity contribution is 5.92. The van der Waals surface area contributed by atoms with Crippen molar-refractivity contribution in [2.75, 3.05) is 0 Å². The summed E-state index contributed by atoms with van der Waals surface area (Å²) in [7, 11) is 1.96. The smallest absolute Gasteiger partial charge is 0.272 e. The van der Waals surface area contributed by atoms with Crippen molar-refractivity contribution in [1.82, 2.24) is 25.1 Å². The lowest BCUT2D eigenvalue weighted by molar-refractivity contribution is 0.0924. The van der Waals surface area contributed by atoms with Gasteiger partial charge in [0.1, 0.15) is 11.5 Å². The molecule has 112 valence electrons. The summed E-state index contributed by atoms with van der Waals surface area (Å²) < 4.78 is 1.97. The molecule has 6 nitrogen and oxygen atoms in total. The van der Waals surface area contributed by atoms with Gasteiger partial charge in [-0.3, -0.25) is 9.89 Å². The Kier molecular flexibility index (Phi) is 3.77. The number of hydrogen-bond acceptors (Lipinski definition) is 3. The van der Waals surface area contributed by atoms with Crippen LogP contribution in [0.2, 0.25) is 0 Å². The van der Waals surface area contributed by atoms with E-state index in [1.54, 1.807) is 6.20 Å². The van der Waals surface area contributed by atoms with Crippen LogP contribution < -0.4 is 5.32 Å². The number of aryl methyl sites for hydroxylation is 2. The van der Waals surface area contributed by atoms with Gasteiger partial charge in [-0.1, -0.05) is 13.3 Å². The monoisotopic (exact) mass is 287 g/mol. The molecule has 0 spiro atoms. The Hall–Kier alpha value is -2.11. The number of carbonyl (C=O) groups is 1. The van der Waals surface area contributed by atoms with Gasteiger partial charge in [-0.15, -0.1) is 0 Å². The number of aromatic nitrogens is 4. The van der Waals surface area contributed by atoms with Crippen LogP contribution >= 0.6 is 0 Å². The number of nitrogens with one attached hydrogen (secondary N) is 2. The van der Waals surface area contributed by atoms with Gasteiger partial charge in [0, 0.05) is 25.1 Å². The SMILES string of the molecule is CCCc1cc(C(=O)N[C@@H](c2nccn2C)C2CC2)n[nH]1. The predicted molar refractivity (Wildman–Crippen MR) is 78.7 cm³/mol. The second-order valence-corrected chi connectivity index (χ2v) is 5.71. The number of nitrogens with zero attached hydrogens (tertiary/aromatic N) is 3. The molecule has 3 rings (SSSR count). The van der Waals surface area contributed by atoms with Gasteiger partial charge < -0.3 is 9.88 Å². The fourth-order valence-corrected chi connectivity index (χ4v) is 2.59. The third-order valence-corrected chi connectivity index (χ3v) is 3.90. The Morgan fingerprint density at radius 3 is 3.00 bits per heavy atom. The molecule has 1 fully saturated rings. The molecule has 6 heteroatoms. The Balaban J connectivity index is 1.73. The number of rotatable bonds is 6. The van der Waals surface area contributed by atoms with Crippen molar-refractivity contribution in [3.8, 4) is 0 Å². The number of carbonyl (C=O) groups excluding carboxylic acids is 1. The van der Waals surface area contributed by atoms with Gasteiger partial charge in [-0.05, 0) is 31.2 Å². The van der Waals surface area contributed by atoms with Crippen LogP contribution in [0.4, 0.5) is 0 Å². The standard InChI is InChI=1S/C15H21N5O/c1-3-4-11-9-12(19-18-11)15(21)17-13(10-5-6-10)14-16-7-8-20(14)2/h7-10,13H,3-6H2,1-2H3,(H,17,21)(H,18,19)/t13-/m1/s1. The number of aromatic amines is 1. The van der Waals surface area contributed by atoms with Gasteiger partial charge in [0.2, 0.25) is 0 Å². The van der Waals surface area contributed by atoms with E-state index >= 15 is 0 Å². The van der Waals surface area contributed by atoms with Gasteiger partial charge in [0.15, 0.2) is 0 Å². The zero-order valence-corrected chi connectivity index (χ0v) is 12.5. The first-order chi connectivity index (χ1) is 10.2. The summed E-state index contributed by atoms with van der Waals surface area (Å²) in [4.78, 5) is 16.8. The molecule has 1 atom stereocenters. The molecule has 0 unspecified atom stereocenters. The fraction of sp³-hybridized carbons (Fsp3) is 0.533. The molecule has 0 aromatic carbocycles. The van der Waals surface area contributed by atoms with Crippen LogP contribution in [-0.4, -0.2) is 25.7 Å². The van der Waals surface area contributed by atoms with E-state index in [4.69, 9.17) is 0 Å². The molecule has 2 aromatic heterocycles. The molecular formula is C15H21N5O. The summed E-state index contributed by atoms with van der Waals surface area (Å²) in [5.41, 5.74) is 1.46. The average Bonchev–Trinajstić information content (AvgIpc) is 3.05. The van der Waals surface area contributed by atoms with Crippen LogP contribution in [-0.2, 0) is 13.5 Å². The number of amides is 1. The van der Waals surface area contributed by atoms with Crippen molar-refractivity contribution >= 4 is 5.91 Å². The molecule has 1 aliphatic carbocycles. The topological polar surface area (TPSA) is 75.6 Å². The molecule has 1 amide bonds. The normalized spacial score (nSPS) is 15.9. The predicted octanol–water partition coefficient (Wildman–Crippen LogP) is 1.98. The molecular weight excluding hydrogens is 266 g/mol. The van der Waals surface area contributed by atoms with E-state index in [0.29, 0.717) is 11.6 Å². The lowest BCUT2D eigenvalue weighted by Crippen LogP contribution is -2.31. The Bertz CT molecular complexity index is 626. The van der Waals surface area contributed by atoms with Crippen molar-refractivity contribution in [3.63, 3.8) is 0 Å². The molecule has 0 saturated heterocycles. The van der Waals surface area contributed by atoms with E-state index in [9.17, 15) is 4.79 Å². The third kappa shape index (κ3) is 2.99. The first kappa shape index (κ1) is 13.9. The second-order valence-electron chi connectivity index (χ2n) is 5.71. The number of imidazole rings is 1. The zero-order chi connectivity index (χ0) is 14.8. The lowest BCUT2D eigenvalue weighted by Gasteiger charge is -2.17. The van der Waals surface area contributed by atoms with Crippen molar-refractivity contribution in [3.05, 3.63) is 35.7 Å². The highest BCUT2D eigenvalue weighted by Gasteiger charge is 2.36. The van der Waals surface area contributed by atoms with Gasteiger partial charge in [-0.2, -0.15) is 5.10 Å². The van der Waals surface area contributed by atoms with Gasteiger partial charge in [0.05, 0.1) is 6.04 Å². The van der Waals surface area contributed by atoms with Crippen LogP contribution in [0.3, 0.4) is 0 Å². The van der Waals surface area contributed by atoms with Crippen LogP contribution in [0.25, 0.3) is 0 Å². The molecule has 2 N–H and O–H groups in total. The molecule has 0 bridgehead atoms. The summed E-state index contributed by atoms with van der Waals surface area (Å²) >= 11 is 0. The summed E-state index contributed by atoms with van der Waals surface area (Å²) in [6.45, 7) is 2.10. The maximum Gasteiger partial charge on any atom is 0.272 e. The average molecular weight is 287 g/mol. The molecule has 1 saturated carbocycles. The summed E-state index contributed by atoms with van der Waals surface area (Å²) in [5, 5.41) is 10.1. The third-order valence-electron chi connectivity index (χ3n) is 3.90. The van der Waals surface area contributed by atoms with Crippen molar-refractivity contribution in [2.45, 2.75) is 38.6 Å². The molecule has 2 aromatic rings. The van der Waals surface area contributed by atoms with E-state index in [1.165, 1.54) is 0 Å². The minimum atomic E-state index is -0.131. The van der Waals surface area contributed by atoms with Gasteiger partial charge in [-0.25, -0.2) is 4.98 Å². The molecule has 1 aliphatic rings. The van der Waals surface area contributed by atoms with Crippen molar-refractivity contribution < 1.29 is 4.79 Å². The molecule has 21 heavy (non-hydrogen) atoms. The van der Waals surface area contributed by atoms with E-state index in [1.807, 2.05) is 23.9 Å². The maximum absolute atomic E-state index is 12.4. The molecule has 0 aliphatic heterocycles. The van der Waals surface area contributed by atoms with E-state index in [0.717, 1.165) is 37.2 Å². The van der Waals surface area contributed by atoms with E-state index in [-0.39, 0.29) is 11.9 Å². The van der Waals surface area contributed by atoms with Gasteiger partial charge in [0.25, 0.3) is 5.91 Å². The minimum absolute atomic E-state index is 0.0242. The highest BCUT2D eigenvalue weighted by Crippen LogP contribution is 2.40. The molecule has 0 radical (unpaired) electrons. The van der Waals surface area contributed by atoms with Crippen molar-refractivity contribution in [1.29, 1.82) is 0 Å². The number of hydrogen-bond donors (Lipinski definition) is 2. The lowest BCUT2D eigenvalue weighted by atomic mass is 10.1. The van der Waals surface area contributed by atoms with Crippen molar-refractivity contribution in [2.24, 2.45) is 13.0 Å². The summed E-state index contributed by atoms with van der Waals surface area (Å²) in [5.74, 6) is 1.27. The summed E-state index contributed by atoms with van der Waals surface area (Å²) in [6, 6.07) is 1.81. The fourth-order valence-electron chi connectivity index (χ4n) is 2.59. The Morgan fingerprint density at radius 2 is 2.38 bits per heavy atom. The second kappa shape index (κ2) is 5.71. The highest BCUT2D eigenvalue weighted by atomic mass is 16.2.